The number of hydrogen-bond donors (Lipinski definition) is 0. The van der Waals surface area contributed by atoms with E-state index >= 15 is 0 Å². The fourth-order valence-electron chi connectivity index (χ4n) is 1.90. The van der Waals surface area contributed by atoms with Crippen molar-refractivity contribution < 1.29 is 14.3 Å². The number of thiophene rings is 1. The Bertz CT molecular complexity index is 627. The summed E-state index contributed by atoms with van der Waals surface area (Å²) in [4.78, 5) is 12.4. The summed E-state index contributed by atoms with van der Waals surface area (Å²) in [6.07, 6.45) is 1.49. The van der Waals surface area contributed by atoms with Gasteiger partial charge in [0.05, 0.1) is 14.2 Å². The fourth-order valence-corrected chi connectivity index (χ4v) is 2.64. The molecule has 0 unspecified atom stereocenters. The SMILES string of the molecule is COC(=O)/C=C(\C)c1ccc(OC)c(-c2cccs2)c1. The Morgan fingerprint density at radius 1 is 1.25 bits per heavy atom. The molecule has 104 valence electrons. The fraction of sp³-hybridized carbons (Fsp3) is 0.188. The van der Waals surface area contributed by atoms with E-state index in [0.717, 1.165) is 27.3 Å². The van der Waals surface area contributed by atoms with E-state index in [4.69, 9.17) is 4.74 Å². The summed E-state index contributed by atoms with van der Waals surface area (Å²) in [5, 5.41) is 2.03. The van der Waals surface area contributed by atoms with E-state index in [0.29, 0.717) is 0 Å². The van der Waals surface area contributed by atoms with Gasteiger partial charge in [0, 0.05) is 16.5 Å². The van der Waals surface area contributed by atoms with Gasteiger partial charge in [-0.15, -0.1) is 11.3 Å². The highest BCUT2D eigenvalue weighted by atomic mass is 32.1. The van der Waals surface area contributed by atoms with Crippen LogP contribution >= 0.6 is 11.3 Å². The van der Waals surface area contributed by atoms with Gasteiger partial charge in [-0.05, 0) is 41.6 Å². The summed E-state index contributed by atoms with van der Waals surface area (Å²) < 4.78 is 10.1. The third-order valence-electron chi connectivity index (χ3n) is 2.98. The lowest BCUT2D eigenvalue weighted by atomic mass is 10.0. The van der Waals surface area contributed by atoms with Crippen LogP contribution < -0.4 is 4.74 Å². The molecule has 0 spiro atoms. The van der Waals surface area contributed by atoms with Crippen LogP contribution in [-0.2, 0) is 9.53 Å². The predicted molar refractivity (Wildman–Crippen MR) is 82.0 cm³/mol. The predicted octanol–water partition coefficient (Wildman–Crippen LogP) is 4.00. The molecule has 0 aliphatic rings. The zero-order valence-electron chi connectivity index (χ0n) is 11.7. The highest BCUT2D eigenvalue weighted by Crippen LogP contribution is 2.35. The lowest BCUT2D eigenvalue weighted by Gasteiger charge is -2.10. The Hall–Kier alpha value is -2.07. The van der Waals surface area contributed by atoms with Gasteiger partial charge in [-0.2, -0.15) is 0 Å². The van der Waals surface area contributed by atoms with Crippen LogP contribution in [0, 0.1) is 0 Å². The van der Waals surface area contributed by atoms with E-state index in [9.17, 15) is 4.79 Å². The maximum Gasteiger partial charge on any atom is 0.330 e. The molecule has 20 heavy (non-hydrogen) atoms. The first-order valence-corrected chi connectivity index (χ1v) is 7.02. The van der Waals surface area contributed by atoms with Crippen LogP contribution in [0.2, 0.25) is 0 Å². The number of hydrogen-bond acceptors (Lipinski definition) is 4. The first-order valence-electron chi connectivity index (χ1n) is 6.14. The quantitative estimate of drug-likeness (QED) is 0.630. The molecule has 0 aliphatic carbocycles. The molecule has 2 aromatic rings. The number of esters is 1. The van der Waals surface area contributed by atoms with Crippen molar-refractivity contribution in [2.75, 3.05) is 14.2 Å². The van der Waals surface area contributed by atoms with Gasteiger partial charge in [0.25, 0.3) is 0 Å². The standard InChI is InChI=1S/C16H16O3S/c1-11(9-16(17)19-3)12-6-7-14(18-2)13(10-12)15-5-4-8-20-15/h4-10H,1-3H3/b11-9+. The highest BCUT2D eigenvalue weighted by molar-refractivity contribution is 7.13. The summed E-state index contributed by atoms with van der Waals surface area (Å²) >= 11 is 1.65. The molecule has 4 heteroatoms. The average molecular weight is 288 g/mol. The molecule has 0 atom stereocenters. The summed E-state index contributed by atoms with van der Waals surface area (Å²) in [6.45, 7) is 1.89. The molecule has 0 N–H and O–H groups in total. The number of allylic oxidation sites excluding steroid dienone is 1. The van der Waals surface area contributed by atoms with Crippen molar-refractivity contribution >= 4 is 22.9 Å². The second-order valence-corrected chi connectivity index (χ2v) is 5.19. The molecular formula is C16H16O3S. The lowest BCUT2D eigenvalue weighted by molar-refractivity contribution is -0.134. The van der Waals surface area contributed by atoms with Gasteiger partial charge in [-0.3, -0.25) is 0 Å². The summed E-state index contributed by atoms with van der Waals surface area (Å²) in [5.74, 6) is 0.470. The van der Waals surface area contributed by atoms with E-state index in [2.05, 4.69) is 4.74 Å². The van der Waals surface area contributed by atoms with Gasteiger partial charge >= 0.3 is 5.97 Å². The molecule has 0 aliphatic heterocycles. The number of carbonyl (C=O) groups is 1. The van der Waals surface area contributed by atoms with Crippen molar-refractivity contribution in [2.45, 2.75) is 6.92 Å². The molecule has 0 fully saturated rings. The van der Waals surface area contributed by atoms with Crippen LogP contribution in [0.4, 0.5) is 0 Å². The molecule has 2 rings (SSSR count). The zero-order chi connectivity index (χ0) is 14.5. The van der Waals surface area contributed by atoms with Crippen molar-refractivity contribution in [1.29, 1.82) is 0 Å². The second-order valence-electron chi connectivity index (χ2n) is 4.24. The van der Waals surface area contributed by atoms with Gasteiger partial charge in [-0.25, -0.2) is 4.79 Å². The van der Waals surface area contributed by atoms with Crippen molar-refractivity contribution in [1.82, 2.24) is 0 Å². The Morgan fingerprint density at radius 2 is 2.05 bits per heavy atom. The monoisotopic (exact) mass is 288 g/mol. The largest absolute Gasteiger partial charge is 0.496 e. The Kier molecular flexibility index (Phi) is 4.58. The minimum atomic E-state index is -0.351. The average Bonchev–Trinajstić information content (AvgIpc) is 3.00. The minimum Gasteiger partial charge on any atom is -0.496 e. The van der Waals surface area contributed by atoms with Gasteiger partial charge in [0.1, 0.15) is 5.75 Å². The normalized spacial score (nSPS) is 11.2. The van der Waals surface area contributed by atoms with Crippen LogP contribution in [0.25, 0.3) is 16.0 Å². The van der Waals surface area contributed by atoms with E-state index in [1.165, 1.54) is 13.2 Å². The van der Waals surface area contributed by atoms with Crippen LogP contribution in [0.15, 0.2) is 41.8 Å². The van der Waals surface area contributed by atoms with Crippen LogP contribution in [0.5, 0.6) is 5.75 Å². The molecule has 3 nitrogen and oxygen atoms in total. The molecule has 0 amide bonds. The van der Waals surface area contributed by atoms with Gasteiger partial charge in [0.2, 0.25) is 0 Å². The maximum atomic E-state index is 11.3. The third-order valence-corrected chi connectivity index (χ3v) is 3.88. The lowest BCUT2D eigenvalue weighted by Crippen LogP contribution is -1.96. The number of methoxy groups -OCH3 is 2. The summed E-state index contributed by atoms with van der Waals surface area (Å²) in [5.41, 5.74) is 2.86. The smallest absolute Gasteiger partial charge is 0.330 e. The van der Waals surface area contributed by atoms with Crippen molar-refractivity contribution in [3.8, 4) is 16.2 Å². The topological polar surface area (TPSA) is 35.5 Å². The Balaban J connectivity index is 2.45. The zero-order valence-corrected chi connectivity index (χ0v) is 12.5. The first kappa shape index (κ1) is 14.3. The molecule has 0 radical (unpaired) electrons. The maximum absolute atomic E-state index is 11.3. The van der Waals surface area contributed by atoms with Crippen LogP contribution in [-0.4, -0.2) is 20.2 Å². The van der Waals surface area contributed by atoms with E-state index in [1.54, 1.807) is 18.4 Å². The molecule has 1 aromatic carbocycles. The second kappa shape index (κ2) is 6.39. The summed E-state index contributed by atoms with van der Waals surface area (Å²) in [6, 6.07) is 9.93. The number of benzene rings is 1. The number of carbonyl (C=O) groups excluding carboxylic acids is 1. The van der Waals surface area contributed by atoms with Gasteiger partial charge in [-0.1, -0.05) is 12.1 Å². The van der Waals surface area contributed by atoms with E-state index in [-0.39, 0.29) is 5.97 Å². The third kappa shape index (κ3) is 3.08. The summed E-state index contributed by atoms with van der Waals surface area (Å²) in [7, 11) is 3.03. The van der Waals surface area contributed by atoms with Crippen LogP contribution in [0.3, 0.4) is 0 Å². The van der Waals surface area contributed by atoms with E-state index < -0.39 is 0 Å². The molecule has 1 heterocycles. The number of rotatable bonds is 4. The van der Waals surface area contributed by atoms with Crippen molar-refractivity contribution in [2.24, 2.45) is 0 Å². The molecule has 0 saturated carbocycles. The van der Waals surface area contributed by atoms with Gasteiger partial charge in [0.15, 0.2) is 0 Å². The Morgan fingerprint density at radius 3 is 2.65 bits per heavy atom. The number of ether oxygens (including phenoxy) is 2. The Labute approximate surface area is 122 Å². The van der Waals surface area contributed by atoms with Gasteiger partial charge < -0.3 is 9.47 Å². The molecule has 0 bridgehead atoms. The van der Waals surface area contributed by atoms with Crippen molar-refractivity contribution in [3.05, 3.63) is 47.4 Å². The molecular weight excluding hydrogens is 272 g/mol. The minimum absolute atomic E-state index is 0.351. The highest BCUT2D eigenvalue weighted by Gasteiger charge is 2.09. The van der Waals surface area contributed by atoms with E-state index in [1.807, 2.05) is 42.6 Å². The molecule has 1 aromatic heterocycles. The molecule has 0 saturated heterocycles. The first-order chi connectivity index (χ1) is 9.65. The van der Waals surface area contributed by atoms with Crippen LogP contribution in [0.1, 0.15) is 12.5 Å². The van der Waals surface area contributed by atoms with Crippen molar-refractivity contribution in [3.63, 3.8) is 0 Å².